The van der Waals surface area contributed by atoms with Crippen LogP contribution in [0.1, 0.15) is 20.8 Å². The van der Waals surface area contributed by atoms with Gasteiger partial charge in [-0.3, -0.25) is 0 Å². The van der Waals surface area contributed by atoms with Crippen LogP contribution in [0.4, 0.5) is 0 Å². The van der Waals surface area contributed by atoms with Gasteiger partial charge < -0.3 is 14.7 Å². The third kappa shape index (κ3) is 10.8. The Bertz CT molecular complexity index is 180. The number of aliphatic hydroxyl groups excluding tert-OH is 2. The fourth-order valence-corrected chi connectivity index (χ4v) is 1.72. The number of hydrogen-bond donors (Lipinski definition) is 3. The van der Waals surface area contributed by atoms with Crippen molar-refractivity contribution in [3.8, 4) is 0 Å². The molecule has 0 bridgehead atoms. The van der Waals surface area contributed by atoms with E-state index in [0.717, 1.165) is 30.7 Å². The first-order chi connectivity index (χ1) is 8.01. The summed E-state index contributed by atoms with van der Waals surface area (Å²) in [6.07, 6.45) is 0. The van der Waals surface area contributed by atoms with Crippen molar-refractivity contribution in [2.45, 2.75) is 20.8 Å². The second-order valence-electron chi connectivity index (χ2n) is 3.52. The summed E-state index contributed by atoms with van der Waals surface area (Å²) in [5.74, 6) is 0. The molecule has 0 rings (SSSR count). The van der Waals surface area contributed by atoms with Gasteiger partial charge in [-0.2, -0.15) is 0 Å². The quantitative estimate of drug-likeness (QED) is 0.442. The highest BCUT2D eigenvalue weighted by atomic mass is 31.1. The molecule has 0 heterocycles. The molecule has 1 unspecified atom stereocenters. The van der Waals surface area contributed by atoms with Crippen molar-refractivity contribution >= 4 is 8.25 Å². The Hall–Kier alpha value is -0.100. The number of nitrogens with zero attached hydrogens (tertiary/aromatic N) is 1. The molecule has 0 aromatic rings. The van der Waals surface area contributed by atoms with Crippen molar-refractivity contribution < 1.29 is 28.7 Å². The predicted octanol–water partition coefficient (Wildman–Crippen LogP) is 0.500. The topological polar surface area (TPSA) is 87.0 Å². The molecule has 0 radical (unpaired) electrons. The third-order valence-corrected chi connectivity index (χ3v) is 3.21. The van der Waals surface area contributed by atoms with E-state index in [4.69, 9.17) is 15.1 Å². The summed E-state index contributed by atoms with van der Waals surface area (Å²) in [6.45, 7) is 10.0. The molecule has 0 aliphatic heterocycles. The van der Waals surface area contributed by atoms with Crippen molar-refractivity contribution in [1.29, 1.82) is 0 Å². The molecule has 3 N–H and O–H groups in total. The number of quaternary nitrogens is 1. The first kappa shape index (κ1) is 19.2. The van der Waals surface area contributed by atoms with Crippen LogP contribution in [0.15, 0.2) is 0 Å². The van der Waals surface area contributed by atoms with Gasteiger partial charge in [0.05, 0.1) is 26.3 Å². The highest BCUT2D eigenvalue weighted by Crippen LogP contribution is 2.12. The van der Waals surface area contributed by atoms with E-state index in [0.29, 0.717) is 6.61 Å². The summed E-state index contributed by atoms with van der Waals surface area (Å²) >= 11 is 0. The van der Waals surface area contributed by atoms with E-state index in [-0.39, 0.29) is 13.2 Å². The monoisotopic (exact) mass is 271 g/mol. The van der Waals surface area contributed by atoms with Gasteiger partial charge in [0, 0.05) is 4.57 Å². The summed E-state index contributed by atoms with van der Waals surface area (Å²) in [5.41, 5.74) is 0. The first-order valence-corrected chi connectivity index (χ1v) is 7.00. The summed E-state index contributed by atoms with van der Waals surface area (Å²) in [7, 11) is -2.35. The van der Waals surface area contributed by atoms with Crippen molar-refractivity contribution in [1.82, 2.24) is 0 Å². The Morgan fingerprint density at radius 2 is 1.47 bits per heavy atom. The lowest BCUT2D eigenvalue weighted by Gasteiger charge is -2.35. The smallest absolute Gasteiger partial charge is 0.391 e. The molecule has 1 atom stereocenters. The van der Waals surface area contributed by atoms with E-state index in [1.54, 1.807) is 6.92 Å². The molecule has 0 amide bonds. The van der Waals surface area contributed by atoms with Crippen LogP contribution in [0, 0.1) is 0 Å². The molecule has 17 heavy (non-hydrogen) atoms. The minimum atomic E-state index is -2.35. The standard InChI is InChI=1S/C8H20NO2.C2H5O3P/c1-3-9(4-2,5-7-10)6-8-11;1-2-5-6(3)4/h10-11H,3-8H2,1-2H3;2H2,1H3/q+1;/p+1. The van der Waals surface area contributed by atoms with Crippen molar-refractivity contribution in [2.24, 2.45) is 0 Å². The van der Waals surface area contributed by atoms with Crippen LogP contribution in [0.5, 0.6) is 0 Å². The summed E-state index contributed by atoms with van der Waals surface area (Å²) in [6, 6.07) is 0. The van der Waals surface area contributed by atoms with Gasteiger partial charge in [-0.25, -0.2) is 0 Å². The Balaban J connectivity index is 0. The Kier molecular flexibility index (Phi) is 14.0. The fourth-order valence-electron chi connectivity index (χ4n) is 1.50. The van der Waals surface area contributed by atoms with Gasteiger partial charge in [0.25, 0.3) is 0 Å². The van der Waals surface area contributed by atoms with E-state index in [1.807, 2.05) is 0 Å². The van der Waals surface area contributed by atoms with Gasteiger partial charge in [-0.15, -0.1) is 9.42 Å². The fraction of sp³-hybridized carbons (Fsp3) is 1.00. The van der Waals surface area contributed by atoms with Gasteiger partial charge >= 0.3 is 8.25 Å². The molecule has 104 valence electrons. The maximum atomic E-state index is 9.53. The predicted molar refractivity (Wildman–Crippen MR) is 66.7 cm³/mol. The molecule has 0 aliphatic carbocycles. The molecule has 0 aliphatic rings. The molecule has 0 saturated heterocycles. The van der Waals surface area contributed by atoms with E-state index < -0.39 is 8.25 Å². The Morgan fingerprint density at radius 1 is 1.06 bits per heavy atom. The normalized spacial score (nSPS) is 11.8. The average molecular weight is 271 g/mol. The zero-order chi connectivity index (χ0) is 13.7. The number of aliphatic hydroxyl groups is 2. The Labute approximate surface area is 104 Å². The first-order valence-electron chi connectivity index (χ1n) is 5.87. The number of rotatable bonds is 8. The lowest BCUT2D eigenvalue weighted by molar-refractivity contribution is -0.925. The summed E-state index contributed by atoms with van der Waals surface area (Å²) < 4.78 is 14.5. The second kappa shape index (κ2) is 12.4. The minimum absolute atomic E-state index is 0.210. The van der Waals surface area contributed by atoms with Crippen LogP contribution in [0.2, 0.25) is 0 Å². The van der Waals surface area contributed by atoms with E-state index in [9.17, 15) is 4.57 Å². The summed E-state index contributed by atoms with van der Waals surface area (Å²) in [4.78, 5) is 7.84. The van der Waals surface area contributed by atoms with Gasteiger partial charge in [0.1, 0.15) is 19.7 Å². The van der Waals surface area contributed by atoms with Gasteiger partial charge in [0.2, 0.25) is 0 Å². The van der Waals surface area contributed by atoms with Gasteiger partial charge in [-0.05, 0) is 20.8 Å². The molecule has 7 heteroatoms. The minimum Gasteiger partial charge on any atom is -0.391 e. The molecule has 0 spiro atoms. The molecule has 0 aromatic carbocycles. The Morgan fingerprint density at radius 3 is 1.59 bits per heavy atom. The van der Waals surface area contributed by atoms with Crippen molar-refractivity contribution in [3.05, 3.63) is 0 Å². The van der Waals surface area contributed by atoms with E-state index in [2.05, 4.69) is 18.4 Å². The SMILES string of the molecule is CCO[P+](=O)O.CC[N+](CC)(CCO)CCO. The van der Waals surface area contributed by atoms with Crippen LogP contribution in [0.3, 0.4) is 0 Å². The van der Waals surface area contributed by atoms with Crippen LogP contribution in [0.25, 0.3) is 0 Å². The molecule has 6 nitrogen and oxygen atoms in total. The average Bonchev–Trinajstić information content (AvgIpc) is 2.29. The van der Waals surface area contributed by atoms with Crippen LogP contribution >= 0.6 is 8.25 Å². The zero-order valence-corrected chi connectivity index (χ0v) is 11.9. The van der Waals surface area contributed by atoms with Gasteiger partial charge in [-0.1, -0.05) is 0 Å². The van der Waals surface area contributed by atoms with Crippen LogP contribution < -0.4 is 0 Å². The second-order valence-corrected chi connectivity index (χ2v) is 4.26. The molecule has 0 fully saturated rings. The molecular weight excluding hydrogens is 245 g/mol. The number of hydrogen-bond acceptors (Lipinski definition) is 4. The van der Waals surface area contributed by atoms with Crippen molar-refractivity contribution in [2.75, 3.05) is 46.0 Å². The van der Waals surface area contributed by atoms with Gasteiger partial charge in [0.15, 0.2) is 0 Å². The molecule has 0 saturated carbocycles. The van der Waals surface area contributed by atoms with E-state index in [1.165, 1.54) is 0 Å². The lowest BCUT2D eigenvalue weighted by atomic mass is 10.3. The molecular formula is C10H26NO5P+2. The van der Waals surface area contributed by atoms with Crippen LogP contribution in [-0.2, 0) is 9.09 Å². The summed E-state index contributed by atoms with van der Waals surface area (Å²) in [5, 5.41) is 17.6. The lowest BCUT2D eigenvalue weighted by Crippen LogP contribution is -2.51. The number of likely N-dealkylation sites (N-methyl/N-ethyl adjacent to an activating group) is 1. The van der Waals surface area contributed by atoms with Crippen LogP contribution in [-0.4, -0.2) is 65.6 Å². The molecule has 0 aromatic heterocycles. The third-order valence-electron chi connectivity index (χ3n) is 2.73. The maximum absolute atomic E-state index is 9.53. The highest BCUT2D eigenvalue weighted by Gasteiger charge is 2.20. The maximum Gasteiger partial charge on any atom is 0.694 e. The van der Waals surface area contributed by atoms with E-state index >= 15 is 0 Å². The zero-order valence-electron chi connectivity index (χ0n) is 11.0. The largest absolute Gasteiger partial charge is 0.694 e. The highest BCUT2D eigenvalue weighted by molar-refractivity contribution is 7.32. The van der Waals surface area contributed by atoms with Crippen molar-refractivity contribution in [3.63, 3.8) is 0 Å².